The van der Waals surface area contributed by atoms with E-state index in [1.165, 1.54) is 12.4 Å². The molecule has 4 rings (SSSR count). The molecule has 1 fully saturated rings. The molecule has 136 valence electrons. The van der Waals surface area contributed by atoms with Gasteiger partial charge < -0.3 is 10.2 Å². The summed E-state index contributed by atoms with van der Waals surface area (Å²) in [5.74, 6) is -0.422. The lowest BCUT2D eigenvalue weighted by atomic mass is 10.1. The van der Waals surface area contributed by atoms with Crippen molar-refractivity contribution in [3.63, 3.8) is 0 Å². The number of halogens is 1. The second-order valence-electron chi connectivity index (χ2n) is 6.09. The number of benzene rings is 1. The minimum atomic E-state index is -0.295. The summed E-state index contributed by atoms with van der Waals surface area (Å²) in [6.45, 7) is 0.922. The summed E-state index contributed by atoms with van der Waals surface area (Å²) < 4.78 is 1.64. The van der Waals surface area contributed by atoms with Crippen LogP contribution < -0.4 is 5.32 Å². The van der Waals surface area contributed by atoms with Gasteiger partial charge in [-0.3, -0.25) is 14.3 Å². The van der Waals surface area contributed by atoms with Crippen LogP contribution in [0, 0.1) is 0 Å². The number of aromatic nitrogens is 4. The van der Waals surface area contributed by atoms with Crippen molar-refractivity contribution in [2.75, 3.05) is 18.4 Å². The number of amides is 2. The Morgan fingerprint density at radius 1 is 1.07 bits per heavy atom. The van der Waals surface area contributed by atoms with E-state index < -0.39 is 0 Å². The van der Waals surface area contributed by atoms with E-state index in [0.29, 0.717) is 35.1 Å². The number of hydrogen-bond donors (Lipinski definition) is 1. The van der Waals surface area contributed by atoms with Crippen LogP contribution in [0.3, 0.4) is 0 Å². The highest BCUT2D eigenvalue weighted by molar-refractivity contribution is 6.33. The predicted octanol–water partition coefficient (Wildman–Crippen LogP) is 2.28. The van der Waals surface area contributed by atoms with Crippen LogP contribution in [0.25, 0.3) is 0 Å². The zero-order valence-corrected chi connectivity index (χ0v) is 14.9. The Bertz CT molecular complexity index is 984. The van der Waals surface area contributed by atoms with E-state index in [2.05, 4.69) is 20.6 Å². The van der Waals surface area contributed by atoms with Crippen LogP contribution in [-0.2, 0) is 0 Å². The Labute approximate surface area is 159 Å². The fourth-order valence-corrected chi connectivity index (χ4v) is 3.14. The molecule has 0 unspecified atom stereocenters. The molecule has 3 heterocycles. The molecule has 3 aromatic rings. The van der Waals surface area contributed by atoms with E-state index in [9.17, 15) is 9.59 Å². The molecule has 0 spiro atoms. The van der Waals surface area contributed by atoms with E-state index in [1.54, 1.807) is 52.2 Å². The Hall–Kier alpha value is -3.26. The van der Waals surface area contributed by atoms with Crippen molar-refractivity contribution in [1.82, 2.24) is 24.9 Å². The second kappa shape index (κ2) is 7.16. The third-order valence-corrected chi connectivity index (χ3v) is 4.67. The van der Waals surface area contributed by atoms with Gasteiger partial charge in [0.1, 0.15) is 5.69 Å². The fourth-order valence-electron chi connectivity index (χ4n) is 2.93. The molecular weight excluding hydrogens is 368 g/mol. The lowest BCUT2D eigenvalue weighted by Gasteiger charge is -2.39. The van der Waals surface area contributed by atoms with Gasteiger partial charge >= 0.3 is 0 Å². The van der Waals surface area contributed by atoms with Crippen LogP contribution in [0.4, 0.5) is 5.69 Å². The van der Waals surface area contributed by atoms with Crippen LogP contribution in [0.2, 0.25) is 5.02 Å². The fraction of sp³-hybridized carbons (Fsp3) is 0.167. The third kappa shape index (κ3) is 3.39. The van der Waals surface area contributed by atoms with Gasteiger partial charge in [-0.05, 0) is 24.3 Å². The van der Waals surface area contributed by atoms with E-state index in [-0.39, 0.29) is 17.9 Å². The van der Waals surface area contributed by atoms with Gasteiger partial charge in [0.25, 0.3) is 11.8 Å². The van der Waals surface area contributed by atoms with E-state index >= 15 is 0 Å². The molecule has 0 bridgehead atoms. The molecule has 9 heteroatoms. The number of nitrogens with zero attached hydrogens (tertiary/aromatic N) is 5. The van der Waals surface area contributed by atoms with Gasteiger partial charge in [0, 0.05) is 19.3 Å². The van der Waals surface area contributed by atoms with Crippen LogP contribution >= 0.6 is 11.6 Å². The maximum absolute atomic E-state index is 12.5. The molecule has 1 N–H and O–H groups in total. The largest absolute Gasteiger partial charge is 0.334 e. The Balaban J connectivity index is 1.43. The quantitative estimate of drug-likeness (QED) is 0.747. The third-order valence-electron chi connectivity index (χ3n) is 4.34. The van der Waals surface area contributed by atoms with Gasteiger partial charge in [0.15, 0.2) is 0 Å². The minimum absolute atomic E-state index is 0.0669. The number of rotatable bonds is 4. The van der Waals surface area contributed by atoms with Crippen molar-refractivity contribution < 1.29 is 9.59 Å². The van der Waals surface area contributed by atoms with Crippen molar-refractivity contribution in [3.8, 4) is 0 Å². The highest BCUT2D eigenvalue weighted by atomic mass is 35.5. The normalized spacial score (nSPS) is 13.9. The first-order valence-electron chi connectivity index (χ1n) is 8.29. The van der Waals surface area contributed by atoms with Gasteiger partial charge in [0.2, 0.25) is 0 Å². The summed E-state index contributed by atoms with van der Waals surface area (Å²) in [7, 11) is 0. The van der Waals surface area contributed by atoms with Crippen LogP contribution in [0.5, 0.6) is 0 Å². The van der Waals surface area contributed by atoms with Crippen LogP contribution in [0.1, 0.15) is 26.9 Å². The van der Waals surface area contributed by atoms with E-state index in [4.69, 9.17) is 11.6 Å². The lowest BCUT2D eigenvalue weighted by Crippen LogP contribution is -2.51. The van der Waals surface area contributed by atoms with Gasteiger partial charge in [0.05, 0.1) is 34.7 Å². The smallest absolute Gasteiger partial charge is 0.273 e. The number of anilines is 1. The number of hydrogen-bond acceptors (Lipinski definition) is 5. The van der Waals surface area contributed by atoms with Crippen molar-refractivity contribution in [2.45, 2.75) is 6.04 Å². The Morgan fingerprint density at radius 3 is 2.63 bits per heavy atom. The van der Waals surface area contributed by atoms with E-state index in [1.807, 2.05) is 0 Å². The summed E-state index contributed by atoms with van der Waals surface area (Å²) in [4.78, 5) is 26.7. The molecule has 0 atom stereocenters. The number of carbonyl (C=O) groups is 2. The average molecular weight is 383 g/mol. The first-order chi connectivity index (χ1) is 13.1. The standard InChI is InChI=1S/C18H15ClN6O2/c19-15-4-2-1-3-14(15)18(27)24-10-13(11-24)25-16(6-8-22-25)17(26)23-12-5-7-20-21-9-12/h1-9,13H,10-11H2,(H,20,23,26). The Kier molecular flexibility index (Phi) is 4.55. The summed E-state index contributed by atoms with van der Waals surface area (Å²) in [6.07, 6.45) is 4.53. The number of carbonyl (C=O) groups excluding carboxylic acids is 2. The monoisotopic (exact) mass is 382 g/mol. The van der Waals surface area contributed by atoms with Crippen molar-refractivity contribution in [1.29, 1.82) is 0 Å². The molecule has 27 heavy (non-hydrogen) atoms. The number of nitrogens with one attached hydrogen (secondary N) is 1. The summed E-state index contributed by atoms with van der Waals surface area (Å²) in [6, 6.07) is 10.2. The lowest BCUT2D eigenvalue weighted by molar-refractivity contribution is 0.0496. The molecule has 2 amide bonds. The SMILES string of the molecule is O=C(Nc1ccnnc1)c1ccnn1C1CN(C(=O)c2ccccc2Cl)C1. The molecule has 0 saturated carbocycles. The molecule has 1 aliphatic rings. The molecule has 1 saturated heterocycles. The van der Waals surface area contributed by atoms with Crippen LogP contribution in [-0.4, -0.2) is 49.8 Å². The first kappa shape index (κ1) is 17.2. The summed E-state index contributed by atoms with van der Waals surface area (Å²) in [5, 5.41) is 14.8. The zero-order chi connectivity index (χ0) is 18.8. The van der Waals surface area contributed by atoms with Gasteiger partial charge in [-0.25, -0.2) is 0 Å². The molecule has 8 nitrogen and oxygen atoms in total. The second-order valence-corrected chi connectivity index (χ2v) is 6.50. The number of likely N-dealkylation sites (tertiary alicyclic amines) is 1. The maximum atomic E-state index is 12.5. The zero-order valence-electron chi connectivity index (χ0n) is 14.1. The highest BCUT2D eigenvalue weighted by Crippen LogP contribution is 2.26. The molecule has 0 radical (unpaired) electrons. The molecular formula is C18H15ClN6O2. The predicted molar refractivity (Wildman–Crippen MR) is 98.6 cm³/mol. The van der Waals surface area contributed by atoms with Gasteiger partial charge in [-0.1, -0.05) is 23.7 Å². The molecule has 0 aliphatic carbocycles. The molecule has 2 aromatic heterocycles. The van der Waals surface area contributed by atoms with Crippen molar-refractivity contribution in [2.24, 2.45) is 0 Å². The molecule has 1 aliphatic heterocycles. The maximum Gasteiger partial charge on any atom is 0.273 e. The van der Waals surface area contributed by atoms with Crippen molar-refractivity contribution in [3.05, 3.63) is 71.3 Å². The van der Waals surface area contributed by atoms with Crippen LogP contribution in [0.15, 0.2) is 55.0 Å². The minimum Gasteiger partial charge on any atom is -0.334 e. The molecule has 1 aromatic carbocycles. The highest BCUT2D eigenvalue weighted by Gasteiger charge is 2.35. The summed E-state index contributed by atoms with van der Waals surface area (Å²) >= 11 is 6.10. The van der Waals surface area contributed by atoms with Crippen molar-refractivity contribution >= 4 is 29.1 Å². The van der Waals surface area contributed by atoms with E-state index in [0.717, 1.165) is 0 Å². The first-order valence-corrected chi connectivity index (χ1v) is 8.66. The Morgan fingerprint density at radius 2 is 1.89 bits per heavy atom. The average Bonchev–Trinajstić information content (AvgIpc) is 3.11. The summed E-state index contributed by atoms with van der Waals surface area (Å²) in [5.41, 5.74) is 1.44. The van der Waals surface area contributed by atoms with Gasteiger partial charge in [-0.15, -0.1) is 0 Å². The van der Waals surface area contributed by atoms with Gasteiger partial charge in [-0.2, -0.15) is 15.3 Å². The topological polar surface area (TPSA) is 93.0 Å².